The Balaban J connectivity index is 1.83. The Morgan fingerprint density at radius 1 is 1.36 bits per heavy atom. The average molecular weight is 299 g/mol. The van der Waals surface area contributed by atoms with Gasteiger partial charge >= 0.3 is 5.97 Å². The molecule has 3 rings (SSSR count). The van der Waals surface area contributed by atoms with E-state index in [1.54, 1.807) is 18.2 Å². The number of hydrogen-bond acceptors (Lipinski definition) is 4. The second-order valence-corrected chi connectivity index (χ2v) is 5.29. The maximum Gasteiger partial charge on any atom is 0.359 e. The number of aromatic amines is 1. The van der Waals surface area contributed by atoms with E-state index in [0.29, 0.717) is 11.1 Å². The summed E-state index contributed by atoms with van der Waals surface area (Å²) in [6.07, 6.45) is 6.72. The first-order valence-electron chi connectivity index (χ1n) is 7.21. The number of nitrogens with zero attached hydrogens (tertiary/aromatic N) is 1. The van der Waals surface area contributed by atoms with Gasteiger partial charge in [0.15, 0.2) is 5.69 Å². The van der Waals surface area contributed by atoms with Gasteiger partial charge < -0.3 is 10.1 Å². The van der Waals surface area contributed by atoms with Gasteiger partial charge in [0.1, 0.15) is 0 Å². The predicted molar refractivity (Wildman–Crippen MR) is 82.5 cm³/mol. The van der Waals surface area contributed by atoms with Gasteiger partial charge in [-0.3, -0.25) is 9.89 Å². The first-order valence-corrected chi connectivity index (χ1v) is 7.21. The molecule has 2 N–H and O–H groups in total. The Bertz CT molecular complexity index is 748. The summed E-state index contributed by atoms with van der Waals surface area (Å²) in [5.74, 6) is -0.496. The molecule has 1 atom stereocenters. The SMILES string of the molecule is COC(=O)c1n[nH]c2ccc(NC(=O)C3CC=CCC3)cc12. The number of ether oxygens (including phenoxy) is 1. The molecule has 22 heavy (non-hydrogen) atoms. The molecule has 6 heteroatoms. The largest absolute Gasteiger partial charge is 0.464 e. The summed E-state index contributed by atoms with van der Waals surface area (Å²) in [6, 6.07) is 5.31. The third kappa shape index (κ3) is 2.72. The fourth-order valence-electron chi connectivity index (χ4n) is 2.62. The Kier molecular flexibility index (Phi) is 3.91. The molecule has 2 aromatic rings. The van der Waals surface area contributed by atoms with E-state index in [1.165, 1.54) is 7.11 Å². The van der Waals surface area contributed by atoms with Gasteiger partial charge in [0.2, 0.25) is 5.91 Å². The molecule has 1 aliphatic carbocycles. The number of H-pyrrole nitrogens is 1. The number of benzene rings is 1. The van der Waals surface area contributed by atoms with Crippen LogP contribution in [0, 0.1) is 5.92 Å². The zero-order chi connectivity index (χ0) is 15.5. The van der Waals surface area contributed by atoms with Crippen LogP contribution in [0.4, 0.5) is 5.69 Å². The van der Waals surface area contributed by atoms with Crippen LogP contribution in [0.3, 0.4) is 0 Å². The van der Waals surface area contributed by atoms with Gasteiger partial charge in [0.05, 0.1) is 12.6 Å². The number of carbonyl (C=O) groups excluding carboxylic acids is 2. The number of amides is 1. The van der Waals surface area contributed by atoms with Crippen molar-refractivity contribution in [3.05, 3.63) is 36.0 Å². The molecule has 0 spiro atoms. The molecule has 114 valence electrons. The fraction of sp³-hybridized carbons (Fsp3) is 0.312. The highest BCUT2D eigenvalue weighted by atomic mass is 16.5. The summed E-state index contributed by atoms with van der Waals surface area (Å²) in [6.45, 7) is 0. The van der Waals surface area contributed by atoms with Crippen molar-refractivity contribution >= 4 is 28.5 Å². The molecule has 1 aromatic carbocycles. The lowest BCUT2D eigenvalue weighted by molar-refractivity contribution is -0.120. The minimum absolute atomic E-state index is 0.00474. The average Bonchev–Trinajstić information content (AvgIpc) is 2.98. The summed E-state index contributed by atoms with van der Waals surface area (Å²) in [7, 11) is 1.31. The molecule has 1 aliphatic rings. The molecule has 1 heterocycles. The fourth-order valence-corrected chi connectivity index (χ4v) is 2.62. The zero-order valence-electron chi connectivity index (χ0n) is 12.3. The van der Waals surface area contributed by atoms with Gasteiger partial charge in [-0.05, 0) is 37.5 Å². The number of allylic oxidation sites excluding steroid dienone is 2. The van der Waals surface area contributed by atoms with E-state index in [2.05, 4.69) is 21.6 Å². The van der Waals surface area contributed by atoms with Crippen LogP contribution in [-0.2, 0) is 9.53 Å². The smallest absolute Gasteiger partial charge is 0.359 e. The molecule has 0 fully saturated rings. The molecular formula is C16H17N3O3. The van der Waals surface area contributed by atoms with Crippen LogP contribution in [0.5, 0.6) is 0 Å². The minimum Gasteiger partial charge on any atom is -0.464 e. The molecule has 0 saturated heterocycles. The van der Waals surface area contributed by atoms with Gasteiger partial charge in [0, 0.05) is 17.0 Å². The highest BCUT2D eigenvalue weighted by molar-refractivity contribution is 6.04. The van der Waals surface area contributed by atoms with Crippen LogP contribution in [-0.4, -0.2) is 29.2 Å². The van der Waals surface area contributed by atoms with E-state index in [4.69, 9.17) is 4.74 Å². The van der Waals surface area contributed by atoms with E-state index in [-0.39, 0.29) is 17.5 Å². The summed E-state index contributed by atoms with van der Waals surface area (Å²) >= 11 is 0. The van der Waals surface area contributed by atoms with Crippen LogP contribution < -0.4 is 5.32 Å². The number of rotatable bonds is 3. The Morgan fingerprint density at radius 2 is 2.23 bits per heavy atom. The van der Waals surface area contributed by atoms with Crippen LogP contribution in [0.1, 0.15) is 29.8 Å². The van der Waals surface area contributed by atoms with Gasteiger partial charge in [0.25, 0.3) is 0 Å². The third-order valence-corrected chi connectivity index (χ3v) is 3.85. The first-order chi connectivity index (χ1) is 10.7. The molecule has 1 unspecified atom stereocenters. The molecular weight excluding hydrogens is 282 g/mol. The summed E-state index contributed by atoms with van der Waals surface area (Å²) in [4.78, 5) is 23.9. The number of nitrogens with one attached hydrogen (secondary N) is 2. The van der Waals surface area contributed by atoms with Crippen molar-refractivity contribution in [1.29, 1.82) is 0 Å². The second-order valence-electron chi connectivity index (χ2n) is 5.29. The molecule has 6 nitrogen and oxygen atoms in total. The maximum absolute atomic E-state index is 12.3. The van der Waals surface area contributed by atoms with Crippen LogP contribution >= 0.6 is 0 Å². The molecule has 0 saturated carbocycles. The standard InChI is InChI=1S/C16H17N3O3/c1-22-16(21)14-12-9-11(7-8-13(12)18-19-14)17-15(20)10-5-3-2-4-6-10/h2-3,7-10H,4-6H2,1H3,(H,17,20)(H,18,19). The lowest BCUT2D eigenvalue weighted by Crippen LogP contribution is -2.23. The topological polar surface area (TPSA) is 84.1 Å². The highest BCUT2D eigenvalue weighted by Crippen LogP contribution is 2.24. The maximum atomic E-state index is 12.3. The van der Waals surface area contributed by atoms with Gasteiger partial charge in [-0.1, -0.05) is 12.2 Å². The molecule has 1 amide bonds. The molecule has 0 bridgehead atoms. The van der Waals surface area contributed by atoms with Crippen molar-refractivity contribution in [3.8, 4) is 0 Å². The number of carbonyl (C=O) groups is 2. The number of fused-ring (bicyclic) bond motifs is 1. The third-order valence-electron chi connectivity index (χ3n) is 3.85. The van der Waals surface area contributed by atoms with Crippen molar-refractivity contribution in [2.45, 2.75) is 19.3 Å². The van der Waals surface area contributed by atoms with Crippen molar-refractivity contribution in [1.82, 2.24) is 10.2 Å². The van der Waals surface area contributed by atoms with Crippen LogP contribution in [0.15, 0.2) is 30.4 Å². The van der Waals surface area contributed by atoms with Crippen LogP contribution in [0.25, 0.3) is 10.9 Å². The van der Waals surface area contributed by atoms with E-state index < -0.39 is 5.97 Å². The number of methoxy groups -OCH3 is 1. The Labute approximate surface area is 127 Å². The van der Waals surface area contributed by atoms with Gasteiger partial charge in [-0.2, -0.15) is 5.10 Å². The zero-order valence-corrected chi connectivity index (χ0v) is 12.3. The lowest BCUT2D eigenvalue weighted by Gasteiger charge is -2.17. The van der Waals surface area contributed by atoms with Crippen molar-refractivity contribution in [2.24, 2.45) is 5.92 Å². The second kappa shape index (κ2) is 6.01. The molecule has 1 aromatic heterocycles. The predicted octanol–water partition coefficient (Wildman–Crippen LogP) is 2.64. The summed E-state index contributed by atoms with van der Waals surface area (Å²) < 4.78 is 4.70. The van der Waals surface area contributed by atoms with Crippen LogP contribution in [0.2, 0.25) is 0 Å². The van der Waals surface area contributed by atoms with E-state index in [9.17, 15) is 9.59 Å². The first kappa shape index (κ1) is 14.3. The molecule has 0 radical (unpaired) electrons. The Morgan fingerprint density at radius 3 is 2.95 bits per heavy atom. The number of hydrogen-bond donors (Lipinski definition) is 2. The summed E-state index contributed by atoms with van der Waals surface area (Å²) in [5.41, 5.74) is 1.59. The van der Waals surface area contributed by atoms with Crippen molar-refractivity contribution < 1.29 is 14.3 Å². The number of esters is 1. The quantitative estimate of drug-likeness (QED) is 0.674. The number of aromatic nitrogens is 2. The number of anilines is 1. The molecule has 0 aliphatic heterocycles. The normalized spacial score (nSPS) is 17.4. The lowest BCUT2D eigenvalue weighted by atomic mass is 9.93. The van der Waals surface area contributed by atoms with Crippen molar-refractivity contribution in [3.63, 3.8) is 0 Å². The highest BCUT2D eigenvalue weighted by Gasteiger charge is 2.20. The minimum atomic E-state index is -0.507. The van der Waals surface area contributed by atoms with Gasteiger partial charge in [-0.15, -0.1) is 0 Å². The summed E-state index contributed by atoms with van der Waals surface area (Å²) in [5, 5.41) is 10.3. The van der Waals surface area contributed by atoms with Crippen molar-refractivity contribution in [2.75, 3.05) is 12.4 Å². The van der Waals surface area contributed by atoms with E-state index in [0.717, 1.165) is 24.8 Å². The Hall–Kier alpha value is -2.63. The monoisotopic (exact) mass is 299 g/mol. The van der Waals surface area contributed by atoms with E-state index in [1.807, 2.05) is 6.08 Å². The van der Waals surface area contributed by atoms with Gasteiger partial charge in [-0.25, -0.2) is 4.79 Å². The van der Waals surface area contributed by atoms with E-state index >= 15 is 0 Å².